The van der Waals surface area contributed by atoms with Crippen molar-refractivity contribution in [3.05, 3.63) is 71.3 Å². The number of nitrogens with one attached hydrogen (secondary N) is 1. The first kappa shape index (κ1) is 19.0. The van der Waals surface area contributed by atoms with Gasteiger partial charge in [0.1, 0.15) is 0 Å². The molecule has 3 aromatic rings. The molecule has 0 radical (unpaired) electrons. The lowest BCUT2D eigenvalue weighted by atomic mass is 10.00. The van der Waals surface area contributed by atoms with Crippen molar-refractivity contribution < 1.29 is 4.79 Å². The predicted octanol–water partition coefficient (Wildman–Crippen LogP) is 4.22. The largest absolute Gasteiger partial charge is 0.356 e. The van der Waals surface area contributed by atoms with E-state index in [9.17, 15) is 4.79 Å². The summed E-state index contributed by atoms with van der Waals surface area (Å²) in [6.45, 7) is 4.13. The number of fused-ring (bicyclic) bond motifs is 1. The second-order valence-electron chi connectivity index (χ2n) is 6.75. The minimum absolute atomic E-state index is 0.161. The van der Waals surface area contributed by atoms with E-state index >= 15 is 0 Å². The van der Waals surface area contributed by atoms with E-state index in [1.807, 2.05) is 36.1 Å². The molecular weight excluding hydrogens is 388 g/mol. The Bertz CT molecular complexity index is 944. The molecule has 4 rings (SSSR count). The van der Waals surface area contributed by atoms with Crippen LogP contribution in [0.3, 0.4) is 0 Å². The van der Waals surface area contributed by atoms with E-state index in [2.05, 4.69) is 45.8 Å². The average molecular weight is 411 g/mol. The first-order valence-corrected chi connectivity index (χ1v) is 11.0. The number of benzene rings is 2. The van der Waals surface area contributed by atoms with Gasteiger partial charge in [0.25, 0.3) is 0 Å². The molecular formula is C21H22N4OS2. The number of carbonyl (C=O) groups excluding carboxylic acids is 1. The van der Waals surface area contributed by atoms with Crippen molar-refractivity contribution in [2.45, 2.75) is 36.0 Å². The van der Waals surface area contributed by atoms with Crippen LogP contribution < -0.4 is 5.32 Å². The van der Waals surface area contributed by atoms with Crippen LogP contribution in [0.1, 0.15) is 23.6 Å². The average Bonchev–Trinajstić information content (AvgIpc) is 3.19. The monoisotopic (exact) mass is 410 g/mol. The predicted molar refractivity (Wildman–Crippen MR) is 115 cm³/mol. The van der Waals surface area contributed by atoms with Gasteiger partial charge in [-0.3, -0.25) is 4.79 Å². The number of rotatable bonds is 6. The van der Waals surface area contributed by atoms with Crippen LogP contribution in [0.4, 0.5) is 5.13 Å². The summed E-state index contributed by atoms with van der Waals surface area (Å²) < 4.78 is 0.814. The summed E-state index contributed by atoms with van der Waals surface area (Å²) in [6.07, 6.45) is 0.922. The quantitative estimate of drug-likeness (QED) is 0.617. The Hall–Kier alpha value is -2.38. The van der Waals surface area contributed by atoms with Gasteiger partial charge >= 0.3 is 0 Å². The first-order chi connectivity index (χ1) is 13.7. The number of thioether (sulfide) groups is 1. The van der Waals surface area contributed by atoms with E-state index in [4.69, 9.17) is 0 Å². The van der Waals surface area contributed by atoms with Gasteiger partial charge in [0.05, 0.1) is 5.25 Å². The van der Waals surface area contributed by atoms with E-state index in [0.29, 0.717) is 13.1 Å². The zero-order valence-corrected chi connectivity index (χ0v) is 17.3. The van der Waals surface area contributed by atoms with Gasteiger partial charge in [0, 0.05) is 19.6 Å². The standard InChI is InChI=1S/C21H22N4OS2/c1-15(19(26)25-12-11-17-9-5-6-10-18(17)14-25)27-21-24-23-20(28-21)22-13-16-7-3-2-4-8-16/h2-10,15H,11-14H2,1H3,(H,22,23)/t15-/m1/s1. The molecule has 1 atom stereocenters. The number of hydrogen-bond acceptors (Lipinski definition) is 6. The van der Waals surface area contributed by atoms with E-state index in [1.54, 1.807) is 0 Å². The van der Waals surface area contributed by atoms with Gasteiger partial charge in [-0.25, -0.2) is 0 Å². The van der Waals surface area contributed by atoms with Gasteiger partial charge in [-0.2, -0.15) is 0 Å². The summed E-state index contributed by atoms with van der Waals surface area (Å²) >= 11 is 2.97. The lowest BCUT2D eigenvalue weighted by molar-refractivity contribution is -0.131. The van der Waals surface area contributed by atoms with Crippen molar-refractivity contribution in [1.82, 2.24) is 15.1 Å². The molecule has 0 spiro atoms. The first-order valence-electron chi connectivity index (χ1n) is 9.32. The van der Waals surface area contributed by atoms with E-state index < -0.39 is 0 Å². The molecule has 1 amide bonds. The van der Waals surface area contributed by atoms with E-state index in [1.165, 1.54) is 39.8 Å². The van der Waals surface area contributed by atoms with Crippen molar-refractivity contribution in [2.75, 3.05) is 11.9 Å². The Morgan fingerprint density at radius 1 is 1.14 bits per heavy atom. The Kier molecular flexibility index (Phi) is 5.92. The molecule has 7 heteroatoms. The maximum absolute atomic E-state index is 12.9. The summed E-state index contributed by atoms with van der Waals surface area (Å²) in [6, 6.07) is 18.5. The minimum atomic E-state index is -0.180. The highest BCUT2D eigenvalue weighted by molar-refractivity contribution is 8.02. The van der Waals surface area contributed by atoms with Crippen LogP contribution in [-0.4, -0.2) is 32.8 Å². The van der Waals surface area contributed by atoms with Gasteiger partial charge in [0.2, 0.25) is 11.0 Å². The van der Waals surface area contributed by atoms with Crippen molar-refractivity contribution in [3.63, 3.8) is 0 Å². The zero-order valence-electron chi connectivity index (χ0n) is 15.7. The van der Waals surface area contributed by atoms with Crippen molar-refractivity contribution in [2.24, 2.45) is 0 Å². The molecule has 0 saturated heterocycles. The molecule has 1 aromatic heterocycles. The van der Waals surface area contributed by atoms with Crippen LogP contribution in [0.15, 0.2) is 58.9 Å². The Balaban J connectivity index is 1.32. The van der Waals surface area contributed by atoms with E-state index in [-0.39, 0.29) is 11.2 Å². The number of carbonyl (C=O) groups is 1. The Labute approximate surface area is 173 Å². The van der Waals surface area contributed by atoms with Gasteiger partial charge in [-0.1, -0.05) is 77.7 Å². The fraction of sp³-hybridized carbons (Fsp3) is 0.286. The smallest absolute Gasteiger partial charge is 0.236 e. The van der Waals surface area contributed by atoms with Crippen molar-refractivity contribution >= 4 is 34.1 Å². The second kappa shape index (κ2) is 8.75. The topological polar surface area (TPSA) is 58.1 Å². The molecule has 0 fully saturated rings. The summed E-state index contributed by atoms with van der Waals surface area (Å²) in [7, 11) is 0. The molecule has 0 bridgehead atoms. The lowest BCUT2D eigenvalue weighted by Crippen LogP contribution is -2.40. The maximum Gasteiger partial charge on any atom is 0.236 e. The second-order valence-corrected chi connectivity index (χ2v) is 9.32. The fourth-order valence-corrected chi connectivity index (χ4v) is 5.22. The SMILES string of the molecule is C[C@@H](Sc1nnc(NCc2ccccc2)s1)C(=O)N1CCc2ccccc2C1. The van der Waals surface area contributed by atoms with Gasteiger partial charge in [0.15, 0.2) is 4.34 Å². The molecule has 1 aliphatic heterocycles. The highest BCUT2D eigenvalue weighted by Crippen LogP contribution is 2.31. The third kappa shape index (κ3) is 4.54. The highest BCUT2D eigenvalue weighted by atomic mass is 32.2. The van der Waals surface area contributed by atoms with Crippen LogP contribution in [0.25, 0.3) is 0 Å². The van der Waals surface area contributed by atoms with E-state index in [0.717, 1.165) is 22.4 Å². The molecule has 1 N–H and O–H groups in total. The van der Waals surface area contributed by atoms with Crippen molar-refractivity contribution in [1.29, 1.82) is 0 Å². The molecule has 2 heterocycles. The van der Waals surface area contributed by atoms with Crippen LogP contribution in [0.5, 0.6) is 0 Å². The fourth-order valence-electron chi connectivity index (χ4n) is 3.24. The lowest BCUT2D eigenvalue weighted by Gasteiger charge is -2.30. The molecule has 0 saturated carbocycles. The molecule has 144 valence electrons. The van der Waals surface area contributed by atoms with Crippen LogP contribution >= 0.6 is 23.1 Å². The summed E-state index contributed by atoms with van der Waals surface area (Å²) in [4.78, 5) is 14.8. The zero-order chi connectivity index (χ0) is 19.3. The minimum Gasteiger partial charge on any atom is -0.356 e. The summed E-state index contributed by atoms with van der Waals surface area (Å²) in [5.41, 5.74) is 3.80. The molecule has 2 aromatic carbocycles. The third-order valence-electron chi connectivity index (χ3n) is 4.76. The Morgan fingerprint density at radius 3 is 2.71 bits per heavy atom. The van der Waals surface area contributed by atoms with Gasteiger partial charge < -0.3 is 10.2 Å². The maximum atomic E-state index is 12.9. The summed E-state index contributed by atoms with van der Waals surface area (Å²) in [5, 5.41) is 12.3. The molecule has 1 aliphatic rings. The highest BCUT2D eigenvalue weighted by Gasteiger charge is 2.26. The molecule has 0 aliphatic carbocycles. The molecule has 28 heavy (non-hydrogen) atoms. The van der Waals surface area contributed by atoms with Crippen LogP contribution in [0, 0.1) is 0 Å². The van der Waals surface area contributed by atoms with Crippen LogP contribution in [0.2, 0.25) is 0 Å². The molecule has 5 nitrogen and oxygen atoms in total. The third-order valence-corrected chi connectivity index (χ3v) is 6.81. The van der Waals surface area contributed by atoms with Crippen LogP contribution in [-0.2, 0) is 24.3 Å². The number of nitrogens with zero attached hydrogens (tertiary/aromatic N) is 3. The summed E-state index contributed by atoms with van der Waals surface area (Å²) in [5.74, 6) is 0.161. The number of hydrogen-bond donors (Lipinski definition) is 1. The van der Waals surface area contributed by atoms with Crippen molar-refractivity contribution in [3.8, 4) is 0 Å². The number of anilines is 1. The van der Waals surface area contributed by atoms with Gasteiger partial charge in [-0.05, 0) is 30.0 Å². The Morgan fingerprint density at radius 2 is 1.89 bits per heavy atom. The number of amides is 1. The normalized spacial score (nSPS) is 14.4. The number of aromatic nitrogens is 2. The van der Waals surface area contributed by atoms with Gasteiger partial charge in [-0.15, -0.1) is 10.2 Å². The molecule has 0 unspecified atom stereocenters.